The van der Waals surface area contributed by atoms with E-state index in [-0.39, 0.29) is 0 Å². The van der Waals surface area contributed by atoms with Crippen LogP contribution in [0.1, 0.15) is 79.1 Å². The third-order valence-corrected chi connectivity index (χ3v) is 10.7. The van der Waals surface area contributed by atoms with Crippen molar-refractivity contribution in [3.8, 4) is 0 Å². The third-order valence-electron chi connectivity index (χ3n) is 4.78. The summed E-state index contributed by atoms with van der Waals surface area (Å²) in [6.07, 6.45) is 7.54. The number of rotatable bonds is 15. The van der Waals surface area contributed by atoms with Gasteiger partial charge < -0.3 is 4.55 Å². The highest BCUT2D eigenvalue weighted by Crippen LogP contribution is 2.61. The first-order valence-electron chi connectivity index (χ1n) is 10.7. The lowest BCUT2D eigenvalue weighted by Crippen LogP contribution is -2.42. The molecular formula is C19H37F6O4PS. The van der Waals surface area contributed by atoms with Gasteiger partial charge in [-0.15, -0.1) is 13.2 Å². The molecule has 4 nitrogen and oxygen atoms in total. The average Bonchev–Trinajstić information content (AvgIpc) is 2.65. The van der Waals surface area contributed by atoms with Gasteiger partial charge in [0, 0.05) is 7.26 Å². The number of unbranched alkanes of at least 4 members (excludes halogenated alkanes) is 4. The van der Waals surface area contributed by atoms with Crippen molar-refractivity contribution < 1.29 is 44.0 Å². The van der Waals surface area contributed by atoms with Gasteiger partial charge in [0.15, 0.2) is 10.1 Å². The van der Waals surface area contributed by atoms with Crippen molar-refractivity contribution in [3.63, 3.8) is 0 Å². The first kappa shape index (κ1) is 33.1. The second kappa shape index (κ2) is 15.7. The van der Waals surface area contributed by atoms with Crippen molar-refractivity contribution in [3.05, 3.63) is 0 Å². The van der Waals surface area contributed by atoms with E-state index < -0.39 is 35.4 Å². The van der Waals surface area contributed by atoms with Crippen LogP contribution in [-0.4, -0.2) is 55.6 Å². The summed E-state index contributed by atoms with van der Waals surface area (Å²) in [7, 11) is -7.12. The summed E-state index contributed by atoms with van der Waals surface area (Å²) in [5.74, 6) is 0. The standard InChI is InChI=1S/C16H36P.C3H2F6O4S/c1-5-9-13-17(14-10-6-2,15-11-7-3)16-12-8-4;4-1(13-3(7,8)9)2(5,6)14(10,11)12/h5-16H2,1-4H3;1H,(H,10,11,12)/q+1;/p-1. The van der Waals surface area contributed by atoms with Crippen LogP contribution in [0, 0.1) is 0 Å². The quantitative estimate of drug-likeness (QED) is 0.134. The molecule has 0 aromatic carbocycles. The largest absolute Gasteiger partial charge is 0.743 e. The van der Waals surface area contributed by atoms with Crippen LogP contribution >= 0.6 is 7.26 Å². The first-order valence-corrected chi connectivity index (χ1v) is 14.6. The van der Waals surface area contributed by atoms with Crippen LogP contribution in [0.25, 0.3) is 0 Å². The van der Waals surface area contributed by atoms with E-state index in [1.807, 2.05) is 4.74 Å². The SMILES string of the molecule is CCCC[P+](CCCC)(CCCC)CCCC.O=S(=O)([O-])C(F)(F)C(F)OC(F)(F)F. The van der Waals surface area contributed by atoms with Crippen molar-refractivity contribution in [2.75, 3.05) is 24.6 Å². The maximum atomic E-state index is 12.0. The number of ether oxygens (including phenoxy) is 1. The molecule has 31 heavy (non-hydrogen) atoms. The molecule has 0 saturated carbocycles. The van der Waals surface area contributed by atoms with Crippen LogP contribution in [0.2, 0.25) is 0 Å². The molecule has 1 unspecified atom stereocenters. The second-order valence-corrected chi connectivity index (χ2v) is 13.5. The molecule has 0 radical (unpaired) electrons. The highest BCUT2D eigenvalue weighted by atomic mass is 32.2. The summed E-state index contributed by atoms with van der Waals surface area (Å²) in [5.41, 5.74) is 0. The zero-order valence-corrected chi connectivity index (χ0v) is 20.5. The Bertz CT molecular complexity index is 521. The van der Waals surface area contributed by atoms with Crippen LogP contribution in [-0.2, 0) is 14.9 Å². The van der Waals surface area contributed by atoms with Crippen molar-refractivity contribution >= 4 is 17.4 Å². The summed E-state index contributed by atoms with van der Waals surface area (Å²) in [6, 6.07) is 0. The van der Waals surface area contributed by atoms with E-state index in [4.69, 9.17) is 0 Å². The van der Waals surface area contributed by atoms with Crippen LogP contribution < -0.4 is 0 Å². The number of hydrogen-bond acceptors (Lipinski definition) is 4. The predicted molar refractivity (Wildman–Crippen MR) is 113 cm³/mol. The smallest absolute Gasteiger partial charge is 0.525 e. The van der Waals surface area contributed by atoms with E-state index in [9.17, 15) is 39.3 Å². The molecule has 0 aliphatic rings. The summed E-state index contributed by atoms with van der Waals surface area (Å²) in [6.45, 7) is 9.42. The number of alkyl halides is 6. The lowest BCUT2D eigenvalue weighted by atomic mass is 10.4. The monoisotopic (exact) mass is 506 g/mol. The normalized spacial score (nSPS) is 14.2. The molecule has 1 atom stereocenters. The predicted octanol–water partition coefficient (Wildman–Crippen LogP) is 7.16. The van der Waals surface area contributed by atoms with E-state index >= 15 is 0 Å². The molecule has 190 valence electrons. The van der Waals surface area contributed by atoms with Crippen molar-refractivity contribution in [1.29, 1.82) is 0 Å². The van der Waals surface area contributed by atoms with Crippen LogP contribution in [0.3, 0.4) is 0 Å². The molecule has 0 rings (SSSR count). The van der Waals surface area contributed by atoms with Crippen LogP contribution in [0.15, 0.2) is 0 Å². The summed E-state index contributed by atoms with van der Waals surface area (Å²) in [4.78, 5) is 0. The molecule has 0 aliphatic carbocycles. The molecule has 12 heteroatoms. The van der Waals surface area contributed by atoms with Gasteiger partial charge in [-0.2, -0.15) is 8.78 Å². The molecule has 0 aliphatic heterocycles. The molecule has 0 aromatic rings. The Morgan fingerprint density at radius 1 is 0.774 bits per heavy atom. The zero-order valence-electron chi connectivity index (χ0n) is 18.8. The van der Waals surface area contributed by atoms with Gasteiger partial charge in [-0.05, 0) is 25.7 Å². The van der Waals surface area contributed by atoms with E-state index in [0.29, 0.717) is 0 Å². The minimum absolute atomic E-state index is 0.562. The van der Waals surface area contributed by atoms with Crippen LogP contribution in [0.5, 0.6) is 0 Å². The molecule has 0 N–H and O–H groups in total. The molecule has 0 bridgehead atoms. The van der Waals surface area contributed by atoms with Gasteiger partial charge in [-0.3, -0.25) is 0 Å². The molecule has 0 heterocycles. The Hall–Kier alpha value is -0.120. The van der Waals surface area contributed by atoms with Gasteiger partial charge in [-0.25, -0.2) is 17.5 Å². The minimum Gasteiger partial charge on any atom is -0.743 e. The summed E-state index contributed by atoms with van der Waals surface area (Å²) < 4.78 is 100. The van der Waals surface area contributed by atoms with E-state index in [1.165, 1.54) is 51.4 Å². The summed E-state index contributed by atoms with van der Waals surface area (Å²) >= 11 is 0. The Labute approximate surface area is 183 Å². The van der Waals surface area contributed by atoms with Gasteiger partial charge in [0.1, 0.15) is 0 Å². The van der Waals surface area contributed by atoms with Gasteiger partial charge in [0.2, 0.25) is 0 Å². The highest BCUT2D eigenvalue weighted by Gasteiger charge is 2.53. The molecular weight excluding hydrogens is 469 g/mol. The lowest BCUT2D eigenvalue weighted by Gasteiger charge is -2.28. The van der Waals surface area contributed by atoms with Crippen molar-refractivity contribution in [1.82, 2.24) is 0 Å². The third kappa shape index (κ3) is 14.6. The van der Waals surface area contributed by atoms with Crippen LogP contribution in [0.4, 0.5) is 26.3 Å². The molecule has 0 spiro atoms. The fourth-order valence-corrected chi connectivity index (χ4v) is 8.51. The zero-order chi connectivity index (χ0) is 24.8. The Morgan fingerprint density at radius 2 is 1.06 bits per heavy atom. The topological polar surface area (TPSA) is 66.4 Å². The number of halogens is 6. The second-order valence-electron chi connectivity index (χ2n) is 7.55. The average molecular weight is 507 g/mol. The minimum atomic E-state index is -6.56. The first-order chi connectivity index (χ1) is 14.1. The van der Waals surface area contributed by atoms with Gasteiger partial charge >= 0.3 is 11.6 Å². The van der Waals surface area contributed by atoms with Crippen molar-refractivity contribution in [2.24, 2.45) is 0 Å². The van der Waals surface area contributed by atoms with E-state index in [1.54, 1.807) is 24.6 Å². The Kier molecular flexibility index (Phi) is 16.7. The van der Waals surface area contributed by atoms with Gasteiger partial charge in [0.25, 0.3) is 6.36 Å². The highest BCUT2D eigenvalue weighted by molar-refractivity contribution is 7.86. The Balaban J connectivity index is 0. The fourth-order valence-electron chi connectivity index (χ4n) is 2.94. The van der Waals surface area contributed by atoms with Gasteiger partial charge in [0.05, 0.1) is 24.6 Å². The number of hydrogen-bond donors (Lipinski definition) is 0. The molecule has 0 amide bonds. The van der Waals surface area contributed by atoms with E-state index in [0.717, 1.165) is 0 Å². The lowest BCUT2D eigenvalue weighted by molar-refractivity contribution is -0.378. The molecule has 0 aromatic heterocycles. The fraction of sp³-hybridized carbons (Fsp3) is 1.00. The summed E-state index contributed by atoms with van der Waals surface area (Å²) in [5, 5.41) is -5.79. The maximum absolute atomic E-state index is 12.0. The Morgan fingerprint density at radius 3 is 1.26 bits per heavy atom. The maximum Gasteiger partial charge on any atom is 0.525 e. The van der Waals surface area contributed by atoms with E-state index in [2.05, 4.69) is 27.7 Å². The molecule has 0 saturated heterocycles. The molecule has 0 fully saturated rings. The van der Waals surface area contributed by atoms with Crippen molar-refractivity contribution in [2.45, 2.75) is 97.0 Å². The van der Waals surface area contributed by atoms with Gasteiger partial charge in [-0.1, -0.05) is 53.4 Å².